The molecule has 4 heteroatoms. The Balaban J connectivity index is 2.23. The Bertz CT molecular complexity index is 552. The van der Waals surface area contributed by atoms with Crippen LogP contribution in [0.2, 0.25) is 0 Å². The van der Waals surface area contributed by atoms with E-state index in [9.17, 15) is 8.78 Å². The molecule has 0 radical (unpaired) electrons. The van der Waals surface area contributed by atoms with E-state index in [4.69, 9.17) is 4.74 Å². The predicted octanol–water partition coefficient (Wildman–Crippen LogP) is 4.15. The fourth-order valence-electron chi connectivity index (χ4n) is 1.96. The Hall–Kier alpha value is -2.10. The normalized spacial score (nSPS) is 12.0. The maximum atomic E-state index is 13.6. The maximum Gasteiger partial charge on any atom is 0.131 e. The summed E-state index contributed by atoms with van der Waals surface area (Å²) in [5, 5.41) is 3.05. The van der Waals surface area contributed by atoms with Gasteiger partial charge in [-0.3, -0.25) is 0 Å². The Morgan fingerprint density at radius 3 is 2.32 bits per heavy atom. The van der Waals surface area contributed by atoms with Crippen LogP contribution < -0.4 is 10.1 Å². The van der Waals surface area contributed by atoms with Crippen molar-refractivity contribution in [1.82, 2.24) is 0 Å². The first-order valence-corrected chi connectivity index (χ1v) is 5.96. The molecule has 1 N–H and O–H groups in total. The van der Waals surface area contributed by atoms with E-state index in [0.717, 1.165) is 5.69 Å². The van der Waals surface area contributed by atoms with Gasteiger partial charge in [0.1, 0.15) is 17.4 Å². The molecule has 2 rings (SSSR count). The molecular formula is C15H15F2NO. The summed E-state index contributed by atoms with van der Waals surface area (Å²) in [5.41, 5.74) is 0.778. The van der Waals surface area contributed by atoms with Crippen LogP contribution in [-0.2, 0) is 0 Å². The number of hydrogen-bond donors (Lipinski definition) is 1. The summed E-state index contributed by atoms with van der Waals surface area (Å²) in [5.74, 6) is -0.419. The highest BCUT2D eigenvalue weighted by Crippen LogP contribution is 2.25. The molecule has 0 fully saturated rings. The van der Waals surface area contributed by atoms with Crippen molar-refractivity contribution in [3.63, 3.8) is 0 Å². The zero-order valence-corrected chi connectivity index (χ0v) is 10.8. The van der Waals surface area contributed by atoms with Gasteiger partial charge in [0.05, 0.1) is 13.2 Å². The number of halogens is 2. The van der Waals surface area contributed by atoms with Crippen molar-refractivity contribution in [3.05, 3.63) is 59.7 Å². The van der Waals surface area contributed by atoms with Crippen LogP contribution in [-0.4, -0.2) is 7.11 Å². The van der Waals surface area contributed by atoms with Gasteiger partial charge in [-0.1, -0.05) is 12.1 Å². The van der Waals surface area contributed by atoms with E-state index < -0.39 is 17.7 Å². The van der Waals surface area contributed by atoms with Gasteiger partial charge in [-0.05, 0) is 31.2 Å². The summed E-state index contributed by atoms with van der Waals surface area (Å²) < 4.78 is 32.4. The number of methoxy groups -OCH3 is 1. The van der Waals surface area contributed by atoms with Gasteiger partial charge in [-0.25, -0.2) is 8.78 Å². The van der Waals surface area contributed by atoms with Crippen molar-refractivity contribution in [3.8, 4) is 5.75 Å². The first kappa shape index (κ1) is 13.3. The topological polar surface area (TPSA) is 21.3 Å². The van der Waals surface area contributed by atoms with Crippen LogP contribution in [0.3, 0.4) is 0 Å². The lowest BCUT2D eigenvalue weighted by Gasteiger charge is -2.17. The number of nitrogens with one attached hydrogen (secondary N) is 1. The summed E-state index contributed by atoms with van der Waals surface area (Å²) in [4.78, 5) is 0. The molecule has 0 aliphatic carbocycles. The Morgan fingerprint density at radius 2 is 1.68 bits per heavy atom. The second-order valence-electron chi connectivity index (χ2n) is 4.23. The van der Waals surface area contributed by atoms with Crippen LogP contribution in [0.15, 0.2) is 42.5 Å². The molecule has 2 aromatic rings. The minimum absolute atomic E-state index is 0.0327. The summed E-state index contributed by atoms with van der Waals surface area (Å²) in [6.07, 6.45) is 0. The van der Waals surface area contributed by atoms with Crippen molar-refractivity contribution in [1.29, 1.82) is 0 Å². The summed E-state index contributed by atoms with van der Waals surface area (Å²) in [6.45, 7) is 1.71. The van der Waals surface area contributed by atoms with Crippen molar-refractivity contribution < 1.29 is 13.5 Å². The highest BCUT2D eigenvalue weighted by Gasteiger charge is 2.15. The number of hydrogen-bond acceptors (Lipinski definition) is 2. The first-order valence-electron chi connectivity index (χ1n) is 5.96. The molecule has 0 saturated heterocycles. The highest BCUT2D eigenvalue weighted by molar-refractivity contribution is 5.50. The smallest absolute Gasteiger partial charge is 0.131 e. The largest absolute Gasteiger partial charge is 0.497 e. The van der Waals surface area contributed by atoms with E-state index in [1.165, 1.54) is 18.2 Å². The molecule has 0 aromatic heterocycles. The number of anilines is 1. The average Bonchev–Trinajstić information content (AvgIpc) is 2.38. The summed E-state index contributed by atoms with van der Waals surface area (Å²) in [6, 6.07) is 10.6. The molecule has 2 nitrogen and oxygen atoms in total. The van der Waals surface area contributed by atoms with Crippen LogP contribution in [0.5, 0.6) is 5.75 Å². The van der Waals surface area contributed by atoms with Crippen LogP contribution in [0.4, 0.5) is 14.5 Å². The second-order valence-corrected chi connectivity index (χ2v) is 4.23. The molecule has 0 spiro atoms. The fourth-order valence-corrected chi connectivity index (χ4v) is 1.96. The molecule has 0 amide bonds. The third-order valence-corrected chi connectivity index (χ3v) is 2.89. The third-order valence-electron chi connectivity index (χ3n) is 2.89. The van der Waals surface area contributed by atoms with Crippen LogP contribution in [0.25, 0.3) is 0 Å². The third kappa shape index (κ3) is 3.02. The van der Waals surface area contributed by atoms with Gasteiger partial charge in [0, 0.05) is 17.3 Å². The molecular weight excluding hydrogens is 248 g/mol. The van der Waals surface area contributed by atoms with E-state index in [2.05, 4.69) is 5.32 Å². The van der Waals surface area contributed by atoms with Crippen molar-refractivity contribution in [2.45, 2.75) is 13.0 Å². The zero-order valence-electron chi connectivity index (χ0n) is 10.8. The maximum absolute atomic E-state index is 13.6. The Labute approximate surface area is 111 Å². The lowest BCUT2D eigenvalue weighted by Crippen LogP contribution is -2.10. The van der Waals surface area contributed by atoms with Gasteiger partial charge in [-0.2, -0.15) is 0 Å². The molecule has 0 saturated carbocycles. The van der Waals surface area contributed by atoms with Crippen LogP contribution >= 0.6 is 0 Å². The number of rotatable bonds is 4. The van der Waals surface area contributed by atoms with Gasteiger partial charge >= 0.3 is 0 Å². The molecule has 0 heterocycles. The van der Waals surface area contributed by atoms with Gasteiger partial charge in [0.2, 0.25) is 0 Å². The number of benzene rings is 2. The van der Waals surface area contributed by atoms with Gasteiger partial charge in [-0.15, -0.1) is 0 Å². The van der Waals surface area contributed by atoms with E-state index in [1.54, 1.807) is 26.2 Å². The second kappa shape index (κ2) is 5.69. The lowest BCUT2D eigenvalue weighted by molar-refractivity contribution is 0.415. The average molecular weight is 263 g/mol. The molecule has 100 valence electrons. The monoisotopic (exact) mass is 263 g/mol. The lowest BCUT2D eigenvalue weighted by atomic mass is 10.1. The molecule has 0 bridgehead atoms. The van der Waals surface area contributed by atoms with Crippen LogP contribution in [0.1, 0.15) is 18.5 Å². The van der Waals surface area contributed by atoms with E-state index in [-0.39, 0.29) is 5.56 Å². The fraction of sp³-hybridized carbons (Fsp3) is 0.200. The van der Waals surface area contributed by atoms with Gasteiger partial charge in [0.15, 0.2) is 0 Å². The van der Waals surface area contributed by atoms with Crippen LogP contribution in [0, 0.1) is 11.6 Å². The predicted molar refractivity (Wildman–Crippen MR) is 71.4 cm³/mol. The summed E-state index contributed by atoms with van der Waals surface area (Å²) >= 11 is 0. The quantitative estimate of drug-likeness (QED) is 0.894. The first-order chi connectivity index (χ1) is 9.11. The molecule has 1 unspecified atom stereocenters. The van der Waals surface area contributed by atoms with Crippen molar-refractivity contribution in [2.75, 3.05) is 12.4 Å². The van der Waals surface area contributed by atoms with E-state index >= 15 is 0 Å². The molecule has 19 heavy (non-hydrogen) atoms. The molecule has 2 aromatic carbocycles. The number of ether oxygens (including phenoxy) is 1. The SMILES string of the molecule is COc1cccc(NC(C)c2c(F)cccc2F)c1. The van der Waals surface area contributed by atoms with Crippen molar-refractivity contribution in [2.24, 2.45) is 0 Å². The molecule has 0 aliphatic heterocycles. The van der Waals surface area contributed by atoms with Gasteiger partial charge < -0.3 is 10.1 Å². The Kier molecular flexibility index (Phi) is 4.00. The van der Waals surface area contributed by atoms with E-state index in [0.29, 0.717) is 5.75 Å². The van der Waals surface area contributed by atoms with Gasteiger partial charge in [0.25, 0.3) is 0 Å². The Morgan fingerprint density at radius 1 is 1.05 bits per heavy atom. The zero-order chi connectivity index (χ0) is 13.8. The van der Waals surface area contributed by atoms with Crippen molar-refractivity contribution >= 4 is 5.69 Å². The van der Waals surface area contributed by atoms with E-state index in [1.807, 2.05) is 12.1 Å². The minimum atomic E-state index is -0.553. The molecule has 1 atom stereocenters. The minimum Gasteiger partial charge on any atom is -0.497 e. The standard InChI is InChI=1S/C15H15F2NO/c1-10(15-13(16)7-4-8-14(15)17)18-11-5-3-6-12(9-11)19-2/h3-10,18H,1-2H3. The molecule has 0 aliphatic rings. The summed E-state index contributed by atoms with van der Waals surface area (Å²) in [7, 11) is 1.57. The highest BCUT2D eigenvalue weighted by atomic mass is 19.1.